The largest absolute Gasteiger partial charge is 0.383 e. The summed E-state index contributed by atoms with van der Waals surface area (Å²) in [6.45, 7) is 3.92. The van der Waals surface area contributed by atoms with Gasteiger partial charge in [0.25, 0.3) is 5.91 Å². The van der Waals surface area contributed by atoms with Crippen LogP contribution in [-0.4, -0.2) is 59.9 Å². The lowest BCUT2D eigenvalue weighted by atomic mass is 10.1. The van der Waals surface area contributed by atoms with Crippen LogP contribution < -0.4 is 0 Å². The second-order valence-corrected chi connectivity index (χ2v) is 9.93. The number of hydrogen-bond acceptors (Lipinski definition) is 3. The van der Waals surface area contributed by atoms with Gasteiger partial charge >= 0.3 is 0 Å². The van der Waals surface area contributed by atoms with E-state index in [2.05, 4.69) is 24.0 Å². The number of rotatable bonds is 14. The predicted molar refractivity (Wildman–Crippen MR) is 157 cm³/mol. The number of aryl methyl sites for hydroxylation is 1. The first kappa shape index (κ1) is 28.1. The highest BCUT2D eigenvalue weighted by molar-refractivity contribution is 5.96. The van der Waals surface area contributed by atoms with E-state index in [1.807, 2.05) is 77.8 Å². The molecule has 0 saturated carbocycles. The van der Waals surface area contributed by atoms with Gasteiger partial charge in [-0.3, -0.25) is 9.59 Å². The number of para-hydroxylation sites is 1. The van der Waals surface area contributed by atoms with Crippen molar-refractivity contribution in [2.75, 3.05) is 33.4 Å². The molecule has 4 aromatic rings. The molecule has 0 spiro atoms. The highest BCUT2D eigenvalue weighted by Crippen LogP contribution is 2.19. The zero-order valence-electron chi connectivity index (χ0n) is 23.1. The number of aromatic amines is 1. The molecule has 0 saturated heterocycles. The van der Waals surface area contributed by atoms with Crippen LogP contribution in [0.15, 0.2) is 85.1 Å². The van der Waals surface area contributed by atoms with Gasteiger partial charge in [-0.2, -0.15) is 0 Å². The Balaban J connectivity index is 1.50. The van der Waals surface area contributed by atoms with E-state index < -0.39 is 0 Å². The van der Waals surface area contributed by atoms with Crippen molar-refractivity contribution < 1.29 is 14.3 Å². The first-order chi connectivity index (χ1) is 19.1. The fourth-order valence-corrected chi connectivity index (χ4v) is 4.78. The van der Waals surface area contributed by atoms with E-state index in [9.17, 15) is 9.59 Å². The molecule has 0 radical (unpaired) electrons. The molecule has 0 aliphatic rings. The van der Waals surface area contributed by atoms with Gasteiger partial charge in [0.15, 0.2) is 0 Å². The third-order valence-corrected chi connectivity index (χ3v) is 7.09. The molecule has 0 aliphatic heterocycles. The average molecular weight is 526 g/mol. The van der Waals surface area contributed by atoms with Gasteiger partial charge in [0.05, 0.1) is 6.61 Å². The van der Waals surface area contributed by atoms with E-state index in [4.69, 9.17) is 4.74 Å². The lowest BCUT2D eigenvalue weighted by Gasteiger charge is -2.28. The summed E-state index contributed by atoms with van der Waals surface area (Å²) >= 11 is 0. The number of unbranched alkanes of at least 4 members (excludes halogenated alkanes) is 1. The van der Waals surface area contributed by atoms with Gasteiger partial charge in [0.1, 0.15) is 6.54 Å². The maximum Gasteiger partial charge on any atom is 0.254 e. The van der Waals surface area contributed by atoms with Crippen LogP contribution in [0.25, 0.3) is 10.9 Å². The smallest absolute Gasteiger partial charge is 0.254 e. The van der Waals surface area contributed by atoms with Crippen LogP contribution >= 0.6 is 0 Å². The molecule has 1 heterocycles. The standard InChI is InChI=1S/C33H39N3O3/c1-3-4-10-26-15-17-28(18-16-26)33(38)36(21-22-39-2)25-32(37)35(24-27-11-6-5-7-12-27)20-19-29-23-34-31-14-9-8-13-30(29)31/h5-9,11-18,23,34H,3-4,10,19-22,24-25H2,1-2H3. The summed E-state index contributed by atoms with van der Waals surface area (Å²) in [4.78, 5) is 34.0. The molecule has 1 N–H and O–H groups in total. The number of fused-ring (bicyclic) bond motifs is 1. The normalized spacial score (nSPS) is 11.0. The minimum atomic E-state index is -0.154. The zero-order valence-corrected chi connectivity index (χ0v) is 23.1. The summed E-state index contributed by atoms with van der Waals surface area (Å²) in [6, 6.07) is 26.0. The topological polar surface area (TPSA) is 65.6 Å². The number of hydrogen-bond donors (Lipinski definition) is 1. The Morgan fingerprint density at radius 1 is 0.821 bits per heavy atom. The minimum absolute atomic E-state index is 0.000494. The van der Waals surface area contributed by atoms with Gasteiger partial charge in [-0.15, -0.1) is 0 Å². The number of benzene rings is 3. The number of carbonyl (C=O) groups excluding carboxylic acids is 2. The molecule has 0 atom stereocenters. The van der Waals surface area contributed by atoms with Crippen LogP contribution in [0.2, 0.25) is 0 Å². The molecule has 6 heteroatoms. The number of H-pyrrole nitrogens is 1. The van der Waals surface area contributed by atoms with E-state index >= 15 is 0 Å². The molecular weight excluding hydrogens is 486 g/mol. The molecular formula is C33H39N3O3. The molecule has 0 unspecified atom stereocenters. The second kappa shape index (κ2) is 14.3. The number of carbonyl (C=O) groups is 2. The van der Waals surface area contributed by atoms with Crippen molar-refractivity contribution in [2.45, 2.75) is 39.2 Å². The highest BCUT2D eigenvalue weighted by Gasteiger charge is 2.23. The van der Waals surface area contributed by atoms with Gasteiger partial charge in [-0.05, 0) is 54.2 Å². The summed E-state index contributed by atoms with van der Waals surface area (Å²) in [6.07, 6.45) is 5.99. The average Bonchev–Trinajstić information content (AvgIpc) is 3.39. The summed E-state index contributed by atoms with van der Waals surface area (Å²) in [5.74, 6) is -0.235. The Hall–Kier alpha value is -3.90. The van der Waals surface area contributed by atoms with Crippen molar-refractivity contribution in [3.8, 4) is 0 Å². The molecule has 39 heavy (non-hydrogen) atoms. The number of nitrogens with zero attached hydrogens (tertiary/aromatic N) is 2. The lowest BCUT2D eigenvalue weighted by Crippen LogP contribution is -2.44. The number of amides is 2. The first-order valence-electron chi connectivity index (χ1n) is 13.8. The van der Waals surface area contributed by atoms with Crippen LogP contribution in [0.1, 0.15) is 46.8 Å². The van der Waals surface area contributed by atoms with Crippen LogP contribution in [0, 0.1) is 0 Å². The molecule has 0 aliphatic carbocycles. The second-order valence-electron chi connectivity index (χ2n) is 9.93. The van der Waals surface area contributed by atoms with Crippen molar-refractivity contribution in [3.05, 3.63) is 107 Å². The minimum Gasteiger partial charge on any atom is -0.383 e. The number of ether oxygens (including phenoxy) is 1. The number of nitrogens with one attached hydrogen (secondary N) is 1. The summed E-state index contributed by atoms with van der Waals surface area (Å²) in [5.41, 5.74) is 5.13. The Morgan fingerprint density at radius 3 is 2.31 bits per heavy atom. The summed E-state index contributed by atoms with van der Waals surface area (Å²) < 4.78 is 5.27. The maximum atomic E-state index is 13.7. The van der Waals surface area contributed by atoms with Gasteiger partial charge in [0.2, 0.25) is 5.91 Å². The Kier molecular flexibility index (Phi) is 10.3. The predicted octanol–water partition coefficient (Wildman–Crippen LogP) is 5.87. The van der Waals surface area contributed by atoms with E-state index in [1.54, 1.807) is 12.0 Å². The molecule has 0 fully saturated rings. The molecule has 0 bridgehead atoms. The molecule has 6 nitrogen and oxygen atoms in total. The van der Waals surface area contributed by atoms with Crippen LogP contribution in [0.5, 0.6) is 0 Å². The summed E-state index contributed by atoms with van der Waals surface area (Å²) in [7, 11) is 1.61. The third-order valence-electron chi connectivity index (χ3n) is 7.09. The van der Waals surface area contributed by atoms with E-state index in [0.29, 0.717) is 38.2 Å². The maximum absolute atomic E-state index is 13.7. The Labute approximate surface area is 231 Å². The molecule has 204 valence electrons. The van der Waals surface area contributed by atoms with Crippen molar-refractivity contribution in [3.63, 3.8) is 0 Å². The highest BCUT2D eigenvalue weighted by atomic mass is 16.5. The van der Waals surface area contributed by atoms with Gasteiger partial charge < -0.3 is 19.5 Å². The van der Waals surface area contributed by atoms with Gasteiger partial charge in [-0.25, -0.2) is 0 Å². The lowest BCUT2D eigenvalue weighted by molar-refractivity contribution is -0.132. The van der Waals surface area contributed by atoms with E-state index in [0.717, 1.165) is 30.3 Å². The Bertz CT molecular complexity index is 1330. The fraction of sp³-hybridized carbons (Fsp3) is 0.333. The third kappa shape index (κ3) is 7.80. The summed E-state index contributed by atoms with van der Waals surface area (Å²) in [5, 5.41) is 1.17. The molecule has 4 rings (SSSR count). The van der Waals surface area contributed by atoms with Crippen molar-refractivity contribution in [2.24, 2.45) is 0 Å². The fourth-order valence-electron chi connectivity index (χ4n) is 4.78. The van der Waals surface area contributed by atoms with Crippen molar-refractivity contribution in [1.29, 1.82) is 0 Å². The van der Waals surface area contributed by atoms with E-state index in [-0.39, 0.29) is 18.4 Å². The van der Waals surface area contributed by atoms with Crippen LogP contribution in [-0.2, 0) is 28.9 Å². The molecule has 3 aromatic carbocycles. The van der Waals surface area contributed by atoms with Crippen molar-refractivity contribution in [1.82, 2.24) is 14.8 Å². The van der Waals surface area contributed by atoms with Crippen LogP contribution in [0.3, 0.4) is 0 Å². The number of methoxy groups -OCH3 is 1. The van der Waals surface area contributed by atoms with Gasteiger partial charge in [-0.1, -0.05) is 74.0 Å². The number of aromatic nitrogens is 1. The Morgan fingerprint density at radius 2 is 1.56 bits per heavy atom. The van der Waals surface area contributed by atoms with Crippen molar-refractivity contribution >= 4 is 22.7 Å². The zero-order chi connectivity index (χ0) is 27.5. The van der Waals surface area contributed by atoms with Gasteiger partial charge in [0, 0.05) is 49.4 Å². The first-order valence-corrected chi connectivity index (χ1v) is 13.8. The quantitative estimate of drug-likeness (QED) is 0.224. The molecule has 2 amide bonds. The SMILES string of the molecule is CCCCc1ccc(C(=O)N(CCOC)CC(=O)N(CCc2c[nH]c3ccccc23)Cc2ccccc2)cc1. The monoisotopic (exact) mass is 525 g/mol. The van der Waals surface area contributed by atoms with Crippen LogP contribution in [0.4, 0.5) is 0 Å². The van der Waals surface area contributed by atoms with E-state index in [1.165, 1.54) is 16.5 Å². The molecule has 1 aromatic heterocycles.